The van der Waals surface area contributed by atoms with Gasteiger partial charge in [-0.25, -0.2) is 0 Å². The van der Waals surface area contributed by atoms with E-state index in [0.717, 1.165) is 42.8 Å². The van der Waals surface area contributed by atoms with E-state index in [1.165, 1.54) is 24.8 Å². The van der Waals surface area contributed by atoms with Gasteiger partial charge in [-0.05, 0) is 80.4 Å². The molecule has 0 aliphatic heterocycles. The van der Waals surface area contributed by atoms with Gasteiger partial charge < -0.3 is 9.47 Å². The molecule has 0 spiro atoms. The minimum absolute atomic E-state index is 0.346. The summed E-state index contributed by atoms with van der Waals surface area (Å²) in [6.45, 7) is 0. The molecule has 3 aliphatic carbocycles. The average Bonchev–Trinajstić information content (AvgIpc) is 3.30. The quantitative estimate of drug-likeness (QED) is 0.784. The molecule has 2 saturated carbocycles. The summed E-state index contributed by atoms with van der Waals surface area (Å²) in [6, 6.07) is 8.80. The van der Waals surface area contributed by atoms with E-state index in [4.69, 9.17) is 14.7 Å². The van der Waals surface area contributed by atoms with Gasteiger partial charge in [0.25, 0.3) is 0 Å². The van der Waals surface area contributed by atoms with Crippen LogP contribution in [-0.2, 0) is 0 Å². The number of nitriles is 1. The Bertz CT molecular complexity index is 682. The molecule has 3 aliphatic rings. The van der Waals surface area contributed by atoms with Crippen LogP contribution in [0.5, 0.6) is 11.5 Å². The summed E-state index contributed by atoms with van der Waals surface area (Å²) in [4.78, 5) is 0. The lowest BCUT2D eigenvalue weighted by atomic mass is 9.94. The second kappa shape index (κ2) is 6.51. The molecule has 0 aromatic heterocycles. The summed E-state index contributed by atoms with van der Waals surface area (Å²) in [5, 5.41) is 9.09. The number of fused-ring (bicyclic) bond motifs is 1. The molecule has 0 unspecified atom stereocenters. The number of nitrogens with zero attached hydrogens (tertiary/aromatic N) is 1. The van der Waals surface area contributed by atoms with E-state index in [9.17, 15) is 0 Å². The molecule has 1 aromatic carbocycles. The van der Waals surface area contributed by atoms with Gasteiger partial charge in [0.1, 0.15) is 0 Å². The monoisotopic (exact) mass is 323 g/mol. The van der Waals surface area contributed by atoms with Crippen LogP contribution in [0.3, 0.4) is 0 Å². The van der Waals surface area contributed by atoms with Crippen molar-refractivity contribution in [1.29, 1.82) is 5.26 Å². The third-order valence-corrected chi connectivity index (χ3v) is 6.05. The fourth-order valence-electron chi connectivity index (χ4n) is 4.79. The first kappa shape index (κ1) is 15.6. The number of allylic oxidation sites excluding steroid dienone is 2. The summed E-state index contributed by atoms with van der Waals surface area (Å²) in [5.41, 5.74) is 2.36. The van der Waals surface area contributed by atoms with Gasteiger partial charge in [0.2, 0.25) is 0 Å². The van der Waals surface area contributed by atoms with Gasteiger partial charge in [-0.2, -0.15) is 5.26 Å². The van der Waals surface area contributed by atoms with E-state index in [0.29, 0.717) is 23.9 Å². The van der Waals surface area contributed by atoms with Gasteiger partial charge >= 0.3 is 0 Å². The minimum Gasteiger partial charge on any atom is -0.493 e. The molecule has 0 radical (unpaired) electrons. The lowest BCUT2D eigenvalue weighted by molar-refractivity contribution is 0.200. The standard InChI is InChI=1S/C21H25NO2/c1-23-20-7-6-15(12-21(20)24-19-4-2-3-5-19)18-10-16-8-14(13-22)9-17(16)11-18/h6-8,12,16-19H,2-5,9-11H2,1H3/t16-,17+,18-/m1/s1. The summed E-state index contributed by atoms with van der Waals surface area (Å²) in [7, 11) is 1.71. The summed E-state index contributed by atoms with van der Waals surface area (Å²) >= 11 is 0. The molecule has 0 N–H and O–H groups in total. The number of hydrogen-bond donors (Lipinski definition) is 0. The zero-order valence-corrected chi connectivity index (χ0v) is 14.3. The fourth-order valence-corrected chi connectivity index (χ4v) is 4.79. The molecule has 0 amide bonds. The van der Waals surface area contributed by atoms with Crippen molar-refractivity contribution >= 4 is 0 Å². The van der Waals surface area contributed by atoms with E-state index < -0.39 is 0 Å². The van der Waals surface area contributed by atoms with Crippen LogP contribution in [0.4, 0.5) is 0 Å². The summed E-state index contributed by atoms with van der Waals surface area (Å²) in [5.74, 6) is 3.58. The molecular weight excluding hydrogens is 298 g/mol. The lowest BCUT2D eigenvalue weighted by Crippen LogP contribution is -2.12. The highest BCUT2D eigenvalue weighted by atomic mass is 16.5. The molecule has 3 atom stereocenters. The number of methoxy groups -OCH3 is 1. The van der Waals surface area contributed by atoms with Gasteiger partial charge in [-0.15, -0.1) is 0 Å². The third-order valence-electron chi connectivity index (χ3n) is 6.05. The van der Waals surface area contributed by atoms with Crippen molar-refractivity contribution in [3.63, 3.8) is 0 Å². The molecule has 3 heteroatoms. The lowest BCUT2D eigenvalue weighted by Gasteiger charge is -2.19. The molecule has 3 nitrogen and oxygen atoms in total. The highest BCUT2D eigenvalue weighted by Gasteiger charge is 2.38. The maximum Gasteiger partial charge on any atom is 0.161 e. The van der Waals surface area contributed by atoms with Crippen molar-refractivity contribution < 1.29 is 9.47 Å². The molecule has 24 heavy (non-hydrogen) atoms. The summed E-state index contributed by atoms with van der Waals surface area (Å²) in [6.07, 6.45) is 10.7. The van der Waals surface area contributed by atoms with Crippen LogP contribution in [0, 0.1) is 23.2 Å². The number of rotatable bonds is 4. The van der Waals surface area contributed by atoms with Crippen LogP contribution < -0.4 is 9.47 Å². The minimum atomic E-state index is 0.346. The first-order chi connectivity index (χ1) is 11.8. The Labute approximate surface area is 144 Å². The van der Waals surface area contributed by atoms with Crippen molar-refractivity contribution in [3.8, 4) is 17.6 Å². The molecular formula is C21H25NO2. The molecule has 4 rings (SSSR count). The van der Waals surface area contributed by atoms with Crippen molar-refractivity contribution in [1.82, 2.24) is 0 Å². The van der Waals surface area contributed by atoms with Crippen molar-refractivity contribution in [3.05, 3.63) is 35.4 Å². The van der Waals surface area contributed by atoms with Crippen LogP contribution in [0.15, 0.2) is 29.8 Å². The van der Waals surface area contributed by atoms with Crippen molar-refractivity contribution in [2.24, 2.45) is 11.8 Å². The molecule has 0 heterocycles. The highest BCUT2D eigenvalue weighted by molar-refractivity contribution is 5.45. The molecule has 0 saturated heterocycles. The zero-order chi connectivity index (χ0) is 16.5. The predicted octanol–water partition coefficient (Wildman–Crippen LogP) is 4.98. The van der Waals surface area contributed by atoms with Crippen LogP contribution in [0.1, 0.15) is 56.4 Å². The largest absolute Gasteiger partial charge is 0.493 e. The van der Waals surface area contributed by atoms with Crippen molar-refractivity contribution in [2.75, 3.05) is 7.11 Å². The van der Waals surface area contributed by atoms with E-state index in [2.05, 4.69) is 30.3 Å². The second-order valence-corrected chi connectivity index (χ2v) is 7.53. The highest BCUT2D eigenvalue weighted by Crippen LogP contribution is 2.50. The zero-order valence-electron chi connectivity index (χ0n) is 14.3. The Balaban J connectivity index is 1.52. The smallest absolute Gasteiger partial charge is 0.161 e. The second-order valence-electron chi connectivity index (χ2n) is 7.53. The van der Waals surface area contributed by atoms with Gasteiger partial charge in [0.15, 0.2) is 11.5 Å². The number of hydrogen-bond acceptors (Lipinski definition) is 3. The topological polar surface area (TPSA) is 42.2 Å². The maximum absolute atomic E-state index is 9.09. The average molecular weight is 323 g/mol. The van der Waals surface area contributed by atoms with Crippen LogP contribution in [-0.4, -0.2) is 13.2 Å². The van der Waals surface area contributed by atoms with Crippen LogP contribution in [0.25, 0.3) is 0 Å². The van der Waals surface area contributed by atoms with E-state index >= 15 is 0 Å². The number of ether oxygens (including phenoxy) is 2. The van der Waals surface area contributed by atoms with E-state index in [1.807, 2.05) is 0 Å². The predicted molar refractivity (Wildman–Crippen MR) is 93.1 cm³/mol. The Hall–Kier alpha value is -1.95. The van der Waals surface area contributed by atoms with E-state index in [-0.39, 0.29) is 0 Å². The Morgan fingerprint density at radius 3 is 2.67 bits per heavy atom. The molecule has 126 valence electrons. The fraction of sp³-hybridized carbons (Fsp3) is 0.571. The molecule has 1 aromatic rings. The Kier molecular flexibility index (Phi) is 4.22. The maximum atomic E-state index is 9.09. The normalized spacial score (nSPS) is 29.2. The van der Waals surface area contributed by atoms with Crippen molar-refractivity contribution in [2.45, 2.75) is 57.0 Å². The van der Waals surface area contributed by atoms with Gasteiger partial charge in [-0.1, -0.05) is 12.1 Å². The van der Waals surface area contributed by atoms with Gasteiger partial charge in [0.05, 0.1) is 19.3 Å². The first-order valence-electron chi connectivity index (χ1n) is 9.22. The number of benzene rings is 1. The third kappa shape index (κ3) is 2.90. The SMILES string of the molecule is COc1ccc([C@H]2C[C@@H]3CC(C#N)=C[C@@H]3C2)cc1OC1CCCC1. The molecule has 0 bridgehead atoms. The van der Waals surface area contributed by atoms with Crippen LogP contribution >= 0.6 is 0 Å². The van der Waals surface area contributed by atoms with Crippen LogP contribution in [0.2, 0.25) is 0 Å². The van der Waals surface area contributed by atoms with Gasteiger partial charge in [0, 0.05) is 5.57 Å². The summed E-state index contributed by atoms with van der Waals surface area (Å²) < 4.78 is 11.8. The molecule has 2 fully saturated rings. The first-order valence-corrected chi connectivity index (χ1v) is 9.22. The van der Waals surface area contributed by atoms with Gasteiger partial charge in [-0.3, -0.25) is 0 Å². The Morgan fingerprint density at radius 2 is 1.96 bits per heavy atom. The Morgan fingerprint density at radius 1 is 1.12 bits per heavy atom. The van der Waals surface area contributed by atoms with E-state index in [1.54, 1.807) is 7.11 Å².